The van der Waals surface area contributed by atoms with Crippen molar-refractivity contribution in [3.8, 4) is 0 Å². The van der Waals surface area contributed by atoms with Crippen molar-refractivity contribution >= 4 is 12.4 Å². The molecule has 11 heavy (non-hydrogen) atoms. The van der Waals surface area contributed by atoms with Gasteiger partial charge in [0.05, 0.1) is 0 Å². The molecule has 1 fully saturated rings. The summed E-state index contributed by atoms with van der Waals surface area (Å²) in [6.07, 6.45) is 0. The van der Waals surface area contributed by atoms with Crippen LogP contribution in [0, 0.1) is 0 Å². The van der Waals surface area contributed by atoms with Crippen LogP contribution >= 0.6 is 12.4 Å². The summed E-state index contributed by atoms with van der Waals surface area (Å²) in [5.41, 5.74) is 0. The van der Waals surface area contributed by atoms with Gasteiger partial charge in [-0.3, -0.25) is 0 Å². The molecule has 0 saturated carbocycles. The van der Waals surface area contributed by atoms with E-state index in [1.165, 1.54) is 0 Å². The normalized spacial score (nSPS) is 19.6. The van der Waals surface area contributed by atoms with E-state index in [2.05, 4.69) is 16.0 Å². The fraction of sp³-hybridized carbons (Fsp3) is 1.00. The predicted molar refractivity (Wildman–Crippen MR) is 46.1 cm³/mol. The minimum absolute atomic E-state index is 0. The standard InChI is InChI=1S/C6H14N3.ClH.Ti/c1-2-8-5-6-9-4-3-7-1;;/h7-8H,1-6H2;1H;/q-1;;. The van der Waals surface area contributed by atoms with Crippen molar-refractivity contribution in [2.75, 3.05) is 39.3 Å². The fourth-order valence-corrected chi connectivity index (χ4v) is 0.855. The molecule has 0 aromatic heterocycles. The first kappa shape index (κ1) is 14.4. The molecule has 66 valence electrons. The third-order valence-corrected chi connectivity index (χ3v) is 1.37. The average Bonchev–Trinajstić information content (AvgIpc) is 2.00. The molecule has 2 N–H and O–H groups in total. The first-order chi connectivity index (χ1) is 4.50. The van der Waals surface area contributed by atoms with Crippen LogP contribution in [0.5, 0.6) is 0 Å². The molecule has 0 atom stereocenters. The molecule has 1 aliphatic rings. The first-order valence-electron chi connectivity index (χ1n) is 3.55. The van der Waals surface area contributed by atoms with E-state index in [4.69, 9.17) is 0 Å². The molecule has 0 bridgehead atoms. The van der Waals surface area contributed by atoms with Gasteiger partial charge in [0.25, 0.3) is 0 Å². The summed E-state index contributed by atoms with van der Waals surface area (Å²) < 4.78 is 0. The van der Waals surface area contributed by atoms with Gasteiger partial charge in [0, 0.05) is 34.8 Å². The minimum atomic E-state index is 0. The van der Waals surface area contributed by atoms with Gasteiger partial charge in [0.1, 0.15) is 0 Å². The summed E-state index contributed by atoms with van der Waals surface area (Å²) in [6.45, 7) is 6.19. The zero-order valence-electron chi connectivity index (χ0n) is 6.60. The van der Waals surface area contributed by atoms with Gasteiger partial charge in [-0.1, -0.05) is 0 Å². The Labute approximate surface area is 89.4 Å². The Morgan fingerprint density at radius 1 is 0.818 bits per heavy atom. The number of nitrogens with zero attached hydrogens (tertiary/aromatic N) is 1. The summed E-state index contributed by atoms with van der Waals surface area (Å²) in [4.78, 5) is 0. The zero-order valence-corrected chi connectivity index (χ0v) is 8.98. The Kier molecular flexibility index (Phi) is 14.3. The smallest absolute Gasteiger partial charge is 0.00760 e. The largest absolute Gasteiger partial charge is 0.660 e. The van der Waals surface area contributed by atoms with Crippen LogP contribution < -0.4 is 10.6 Å². The third-order valence-electron chi connectivity index (χ3n) is 1.37. The molecule has 5 heteroatoms. The number of hydrogen-bond acceptors (Lipinski definition) is 2. The van der Waals surface area contributed by atoms with Crippen molar-refractivity contribution in [2.45, 2.75) is 0 Å². The van der Waals surface area contributed by atoms with Crippen LogP contribution in [0.15, 0.2) is 0 Å². The van der Waals surface area contributed by atoms with E-state index in [0.29, 0.717) is 0 Å². The van der Waals surface area contributed by atoms with E-state index < -0.39 is 0 Å². The number of halogens is 1. The average molecular weight is 213 g/mol. The second-order valence-corrected chi connectivity index (χ2v) is 2.17. The predicted octanol–water partition coefficient (Wildman–Crippen LogP) is -0.0278. The Balaban J connectivity index is 0. The molecule has 3 nitrogen and oxygen atoms in total. The maximum atomic E-state index is 4.27. The van der Waals surface area contributed by atoms with E-state index in [1.54, 1.807) is 0 Å². The summed E-state index contributed by atoms with van der Waals surface area (Å²) in [6, 6.07) is 0. The zero-order chi connectivity index (χ0) is 6.36. The van der Waals surface area contributed by atoms with E-state index in [1.807, 2.05) is 0 Å². The van der Waals surface area contributed by atoms with Crippen LogP contribution in [0.4, 0.5) is 0 Å². The summed E-state index contributed by atoms with van der Waals surface area (Å²) in [5, 5.41) is 10.8. The van der Waals surface area contributed by atoms with E-state index in [-0.39, 0.29) is 34.1 Å². The SMILES string of the molecule is C1CNCCNCC[N-]1.Cl.[Ti]. The number of hydrogen-bond donors (Lipinski definition) is 2. The minimum Gasteiger partial charge on any atom is -0.660 e. The molecule has 0 aromatic rings. The molecule has 1 aliphatic heterocycles. The van der Waals surface area contributed by atoms with Crippen molar-refractivity contribution in [1.29, 1.82) is 0 Å². The Morgan fingerprint density at radius 3 is 1.73 bits per heavy atom. The van der Waals surface area contributed by atoms with Crippen molar-refractivity contribution in [3.63, 3.8) is 0 Å². The second-order valence-electron chi connectivity index (χ2n) is 2.17. The van der Waals surface area contributed by atoms with Gasteiger partial charge < -0.3 is 16.0 Å². The van der Waals surface area contributed by atoms with E-state index in [9.17, 15) is 0 Å². The van der Waals surface area contributed by atoms with Crippen molar-refractivity contribution in [3.05, 3.63) is 5.32 Å². The van der Waals surface area contributed by atoms with Crippen LogP contribution in [0.3, 0.4) is 0 Å². The second kappa shape index (κ2) is 10.9. The van der Waals surface area contributed by atoms with Crippen LogP contribution in [0.1, 0.15) is 0 Å². The summed E-state index contributed by atoms with van der Waals surface area (Å²) >= 11 is 0. The van der Waals surface area contributed by atoms with Gasteiger partial charge >= 0.3 is 0 Å². The molecule has 1 heterocycles. The van der Waals surface area contributed by atoms with Gasteiger partial charge in [-0.2, -0.15) is 0 Å². The molecule has 0 aliphatic carbocycles. The van der Waals surface area contributed by atoms with E-state index >= 15 is 0 Å². The molecule has 1 saturated heterocycles. The summed E-state index contributed by atoms with van der Waals surface area (Å²) in [7, 11) is 0. The maximum absolute atomic E-state index is 4.27. The van der Waals surface area contributed by atoms with E-state index in [0.717, 1.165) is 39.3 Å². The van der Waals surface area contributed by atoms with Crippen LogP contribution in [-0.4, -0.2) is 39.3 Å². The van der Waals surface area contributed by atoms with Crippen LogP contribution in [0.2, 0.25) is 0 Å². The quantitative estimate of drug-likeness (QED) is 0.554. The molecule has 0 aromatic carbocycles. The van der Waals surface area contributed by atoms with Crippen LogP contribution in [0.25, 0.3) is 5.32 Å². The van der Waals surface area contributed by atoms with Gasteiger partial charge in [-0.25, -0.2) is 0 Å². The third kappa shape index (κ3) is 8.79. The van der Waals surface area contributed by atoms with Gasteiger partial charge in [0.2, 0.25) is 0 Å². The van der Waals surface area contributed by atoms with Gasteiger partial charge in [0.15, 0.2) is 0 Å². The fourth-order valence-electron chi connectivity index (χ4n) is 0.855. The molecule has 1 rings (SSSR count). The summed E-state index contributed by atoms with van der Waals surface area (Å²) in [5.74, 6) is 0. The molecule has 0 unspecified atom stereocenters. The number of nitrogens with one attached hydrogen (secondary N) is 2. The van der Waals surface area contributed by atoms with Gasteiger partial charge in [-0.15, -0.1) is 25.5 Å². The first-order valence-corrected chi connectivity index (χ1v) is 3.55. The maximum Gasteiger partial charge on any atom is 0.00760 e. The monoisotopic (exact) mass is 212 g/mol. The Bertz CT molecular complexity index is 46.3. The molecule has 0 amide bonds. The Morgan fingerprint density at radius 2 is 1.27 bits per heavy atom. The molecule has 0 spiro atoms. The topological polar surface area (TPSA) is 38.2 Å². The number of rotatable bonds is 0. The molecule has 0 radical (unpaired) electrons. The molecular formula is C6H15ClN3Ti-. The molecular weight excluding hydrogens is 197 g/mol. The Hall–Kier alpha value is 0.884. The van der Waals surface area contributed by atoms with Crippen molar-refractivity contribution in [1.82, 2.24) is 10.6 Å². The van der Waals surface area contributed by atoms with Crippen molar-refractivity contribution < 1.29 is 21.7 Å². The van der Waals surface area contributed by atoms with Crippen LogP contribution in [-0.2, 0) is 21.7 Å². The van der Waals surface area contributed by atoms with Gasteiger partial charge in [-0.05, 0) is 13.1 Å². The van der Waals surface area contributed by atoms with Crippen molar-refractivity contribution in [2.24, 2.45) is 0 Å².